The van der Waals surface area contributed by atoms with Gasteiger partial charge < -0.3 is 15.2 Å². The van der Waals surface area contributed by atoms with E-state index in [2.05, 4.69) is 5.10 Å². The van der Waals surface area contributed by atoms with Crippen molar-refractivity contribution in [3.63, 3.8) is 0 Å². The number of carbonyl (C=O) groups excluding carboxylic acids is 1. The number of benzene rings is 2. The summed E-state index contributed by atoms with van der Waals surface area (Å²) >= 11 is 0. The number of aromatic nitrogens is 2. The molecule has 1 aromatic heterocycles. The van der Waals surface area contributed by atoms with Crippen molar-refractivity contribution < 1.29 is 19.2 Å². The number of carbonyl (C=O) groups is 1. The smallest absolute Gasteiger partial charge is 0.315 e. The molecule has 1 saturated carbocycles. The number of nitro benzene ring substituents is 1. The zero-order valence-electron chi connectivity index (χ0n) is 19.2. The van der Waals surface area contributed by atoms with Gasteiger partial charge in [0.25, 0.3) is 11.5 Å². The van der Waals surface area contributed by atoms with Crippen LogP contribution in [0.1, 0.15) is 49.4 Å². The van der Waals surface area contributed by atoms with E-state index < -0.39 is 23.1 Å². The Morgan fingerprint density at radius 2 is 2.03 bits per heavy atom. The molecule has 11 nitrogen and oxygen atoms in total. The summed E-state index contributed by atoms with van der Waals surface area (Å²) in [5, 5.41) is 16.5. The molecule has 0 spiro atoms. The Morgan fingerprint density at radius 1 is 1.29 bits per heavy atom. The van der Waals surface area contributed by atoms with Gasteiger partial charge in [0.15, 0.2) is 12.4 Å². The number of hydrogen-bond acceptors (Lipinski definition) is 8. The largest absolute Gasteiger partial charge is 0.493 e. The SMILES string of the molecule is COc1cc(C=Nn2c(C3CCCCC3)nc3ccccc3c2=O)cc([N+](=O)[O-])c1OCC(N)=O. The number of hydrogen-bond donors (Lipinski definition) is 1. The van der Waals surface area contributed by atoms with Gasteiger partial charge in [-0.2, -0.15) is 9.78 Å². The molecule has 11 heteroatoms. The van der Waals surface area contributed by atoms with Crippen LogP contribution in [0, 0.1) is 10.1 Å². The van der Waals surface area contributed by atoms with Gasteiger partial charge in [-0.25, -0.2) is 4.98 Å². The minimum atomic E-state index is -0.787. The number of nitro groups is 1. The lowest BCUT2D eigenvalue weighted by Gasteiger charge is -2.22. The van der Waals surface area contributed by atoms with Gasteiger partial charge in [-0.1, -0.05) is 31.4 Å². The number of amides is 1. The summed E-state index contributed by atoms with van der Waals surface area (Å²) in [6.45, 7) is -0.548. The van der Waals surface area contributed by atoms with E-state index in [9.17, 15) is 19.7 Å². The van der Waals surface area contributed by atoms with Crippen molar-refractivity contribution in [1.82, 2.24) is 9.66 Å². The zero-order valence-corrected chi connectivity index (χ0v) is 19.2. The monoisotopic (exact) mass is 479 g/mol. The van der Waals surface area contributed by atoms with Gasteiger partial charge in [0.2, 0.25) is 5.75 Å². The summed E-state index contributed by atoms with van der Waals surface area (Å²) in [5.41, 5.74) is 5.27. The molecule has 0 aliphatic heterocycles. The van der Waals surface area contributed by atoms with Crippen LogP contribution in [0.2, 0.25) is 0 Å². The molecule has 0 bridgehead atoms. The number of fused-ring (bicyclic) bond motifs is 1. The number of nitrogens with two attached hydrogens (primary N) is 1. The third-order valence-electron chi connectivity index (χ3n) is 5.90. The highest BCUT2D eigenvalue weighted by Crippen LogP contribution is 2.38. The van der Waals surface area contributed by atoms with Gasteiger partial charge in [0, 0.05) is 17.5 Å². The first-order chi connectivity index (χ1) is 16.9. The second-order valence-corrected chi connectivity index (χ2v) is 8.27. The summed E-state index contributed by atoms with van der Waals surface area (Å²) in [6, 6.07) is 9.78. The first kappa shape index (κ1) is 23.9. The number of nitrogens with zero attached hydrogens (tertiary/aromatic N) is 4. The van der Waals surface area contributed by atoms with E-state index in [1.807, 2.05) is 6.07 Å². The molecule has 1 fully saturated rings. The van der Waals surface area contributed by atoms with Crippen LogP contribution in [0.3, 0.4) is 0 Å². The van der Waals surface area contributed by atoms with Crippen molar-refractivity contribution in [3.8, 4) is 11.5 Å². The summed E-state index contributed by atoms with van der Waals surface area (Å²) in [5.74, 6) is -0.316. The highest BCUT2D eigenvalue weighted by Gasteiger charge is 2.24. The number of rotatable bonds is 8. The van der Waals surface area contributed by atoms with Gasteiger partial charge in [-0.3, -0.25) is 19.7 Å². The molecule has 0 saturated heterocycles. The third-order valence-corrected chi connectivity index (χ3v) is 5.90. The highest BCUT2D eigenvalue weighted by molar-refractivity contribution is 5.84. The van der Waals surface area contributed by atoms with Crippen LogP contribution < -0.4 is 20.8 Å². The molecule has 1 amide bonds. The average Bonchev–Trinajstić information content (AvgIpc) is 2.87. The molecule has 35 heavy (non-hydrogen) atoms. The van der Waals surface area contributed by atoms with E-state index >= 15 is 0 Å². The summed E-state index contributed by atoms with van der Waals surface area (Å²) in [7, 11) is 1.32. The molecule has 182 valence electrons. The van der Waals surface area contributed by atoms with E-state index in [4.69, 9.17) is 20.2 Å². The Hall–Kier alpha value is -4.28. The third kappa shape index (κ3) is 5.13. The minimum Gasteiger partial charge on any atom is -0.493 e. The predicted octanol–water partition coefficient (Wildman–Crippen LogP) is 3.11. The number of para-hydroxylation sites is 1. The van der Waals surface area contributed by atoms with E-state index in [-0.39, 0.29) is 23.0 Å². The molecule has 0 atom stereocenters. The average molecular weight is 479 g/mol. The van der Waals surface area contributed by atoms with Crippen LogP contribution in [-0.4, -0.2) is 40.4 Å². The maximum atomic E-state index is 13.3. The number of ether oxygens (including phenoxy) is 2. The van der Waals surface area contributed by atoms with Crippen molar-refractivity contribution in [1.29, 1.82) is 0 Å². The number of primary amides is 1. The van der Waals surface area contributed by atoms with E-state index in [1.165, 1.54) is 30.1 Å². The van der Waals surface area contributed by atoms with Crippen molar-refractivity contribution in [2.75, 3.05) is 13.7 Å². The standard InChI is InChI=1S/C24H25N5O6/c1-34-20-12-15(11-19(29(32)33)22(20)35-14-21(25)30)13-26-28-23(16-7-3-2-4-8-16)27-18-10-6-5-9-17(18)24(28)31/h5-6,9-13,16H,2-4,7-8,14H2,1H3,(H2,25,30). The zero-order chi connectivity index (χ0) is 24.9. The fraction of sp³-hybridized carbons (Fsp3) is 0.333. The van der Waals surface area contributed by atoms with Crippen LogP contribution >= 0.6 is 0 Å². The fourth-order valence-corrected chi connectivity index (χ4v) is 4.26. The van der Waals surface area contributed by atoms with Crippen molar-refractivity contribution in [3.05, 3.63) is 68.3 Å². The Kier molecular flexibility index (Phi) is 7.04. The first-order valence-corrected chi connectivity index (χ1v) is 11.2. The Bertz CT molecular complexity index is 1360. The maximum Gasteiger partial charge on any atom is 0.315 e. The maximum absolute atomic E-state index is 13.3. The lowest BCUT2D eigenvalue weighted by atomic mass is 9.88. The molecule has 1 aliphatic carbocycles. The van der Waals surface area contributed by atoms with E-state index in [0.717, 1.165) is 32.1 Å². The molecule has 3 aromatic rings. The molecule has 4 rings (SSSR count). The van der Waals surface area contributed by atoms with Gasteiger partial charge in [0.1, 0.15) is 5.82 Å². The first-order valence-electron chi connectivity index (χ1n) is 11.2. The molecular formula is C24H25N5O6. The molecule has 2 N–H and O–H groups in total. The molecule has 1 aliphatic rings. The predicted molar refractivity (Wildman–Crippen MR) is 129 cm³/mol. The normalized spacial score (nSPS) is 14.3. The Morgan fingerprint density at radius 3 is 2.71 bits per heavy atom. The number of methoxy groups -OCH3 is 1. The van der Waals surface area contributed by atoms with Crippen molar-refractivity contribution in [2.24, 2.45) is 10.8 Å². The fourth-order valence-electron chi connectivity index (χ4n) is 4.26. The summed E-state index contributed by atoms with van der Waals surface area (Å²) in [6.07, 6.45) is 6.40. The van der Waals surface area contributed by atoms with Crippen LogP contribution in [-0.2, 0) is 4.79 Å². The molecule has 1 heterocycles. The second-order valence-electron chi connectivity index (χ2n) is 8.27. The van der Waals surface area contributed by atoms with E-state index in [1.54, 1.807) is 18.2 Å². The van der Waals surface area contributed by atoms with Crippen molar-refractivity contribution in [2.45, 2.75) is 38.0 Å². The molecule has 0 radical (unpaired) electrons. The molecule has 0 unspecified atom stereocenters. The highest BCUT2D eigenvalue weighted by atomic mass is 16.6. The molecule has 2 aromatic carbocycles. The summed E-state index contributed by atoms with van der Waals surface area (Å²) in [4.78, 5) is 40.2. The van der Waals surface area contributed by atoms with Gasteiger partial charge in [0.05, 0.1) is 29.2 Å². The Labute approximate surface area is 200 Å². The lowest BCUT2D eigenvalue weighted by molar-refractivity contribution is -0.385. The van der Waals surface area contributed by atoms with Crippen LogP contribution in [0.15, 0.2) is 46.3 Å². The quantitative estimate of drug-likeness (QED) is 0.296. The van der Waals surface area contributed by atoms with Gasteiger partial charge in [-0.15, -0.1) is 0 Å². The summed E-state index contributed by atoms with van der Waals surface area (Å²) < 4.78 is 11.7. The Balaban J connectivity index is 1.81. The second kappa shape index (κ2) is 10.3. The van der Waals surface area contributed by atoms with Crippen LogP contribution in [0.5, 0.6) is 11.5 Å². The van der Waals surface area contributed by atoms with Crippen LogP contribution in [0.25, 0.3) is 10.9 Å². The van der Waals surface area contributed by atoms with E-state index in [0.29, 0.717) is 22.3 Å². The minimum absolute atomic E-state index is 0.0263. The van der Waals surface area contributed by atoms with Crippen LogP contribution in [0.4, 0.5) is 5.69 Å². The molecular weight excluding hydrogens is 454 g/mol. The van der Waals surface area contributed by atoms with Gasteiger partial charge in [-0.05, 0) is 31.0 Å². The van der Waals surface area contributed by atoms with Gasteiger partial charge >= 0.3 is 5.69 Å². The van der Waals surface area contributed by atoms with Crippen molar-refractivity contribution >= 4 is 28.7 Å². The topological polar surface area (TPSA) is 152 Å². The lowest BCUT2D eigenvalue weighted by Crippen LogP contribution is -2.25.